The first-order valence-electron chi connectivity index (χ1n) is 7.93. The molecule has 6 nitrogen and oxygen atoms in total. The van der Waals surface area contributed by atoms with Crippen molar-refractivity contribution in [3.05, 3.63) is 57.8 Å². The molecular weight excluding hydrogens is 418 g/mol. The molecular formula is C18H16BrN3O3S. The molecule has 2 amide bonds. The van der Waals surface area contributed by atoms with E-state index in [1.165, 1.54) is 23.0 Å². The van der Waals surface area contributed by atoms with Gasteiger partial charge in [0.1, 0.15) is 0 Å². The van der Waals surface area contributed by atoms with E-state index in [9.17, 15) is 9.59 Å². The van der Waals surface area contributed by atoms with Crippen LogP contribution in [0.4, 0.5) is 5.13 Å². The molecule has 0 saturated carbocycles. The minimum absolute atomic E-state index is 0.136. The maximum atomic E-state index is 12.0. The number of halogens is 1. The highest BCUT2D eigenvalue weighted by molar-refractivity contribution is 9.10. The number of carbonyl (C=O) groups excluding carboxylic acids is 2. The Balaban J connectivity index is 1.54. The molecule has 0 atom stereocenters. The zero-order valence-electron chi connectivity index (χ0n) is 13.9. The number of nitrogens with one attached hydrogen (secondary N) is 2. The Labute approximate surface area is 162 Å². The highest BCUT2D eigenvalue weighted by atomic mass is 79.9. The van der Waals surface area contributed by atoms with Crippen LogP contribution in [0.5, 0.6) is 0 Å². The van der Waals surface area contributed by atoms with E-state index in [-0.39, 0.29) is 18.2 Å². The number of furan rings is 1. The summed E-state index contributed by atoms with van der Waals surface area (Å²) in [6.45, 7) is 1.94. The van der Waals surface area contributed by atoms with E-state index >= 15 is 0 Å². The molecule has 26 heavy (non-hydrogen) atoms. The van der Waals surface area contributed by atoms with E-state index in [4.69, 9.17) is 4.42 Å². The standard InChI is InChI=1S/C18H16BrN3O3S/c1-2-11-3-5-12(6-4-11)13-10-26-18(21-13)22-16(23)9-20-17(24)14-7-8-15(19)25-14/h3-8,10H,2,9H2,1H3,(H,20,24)(H,21,22,23). The number of amides is 2. The molecule has 8 heteroatoms. The summed E-state index contributed by atoms with van der Waals surface area (Å²) in [5.41, 5.74) is 3.06. The molecule has 0 unspecified atom stereocenters. The van der Waals surface area contributed by atoms with E-state index < -0.39 is 5.91 Å². The van der Waals surface area contributed by atoms with Gasteiger partial charge in [0.25, 0.3) is 5.91 Å². The molecule has 0 spiro atoms. The van der Waals surface area contributed by atoms with Gasteiger partial charge < -0.3 is 15.1 Å². The topological polar surface area (TPSA) is 84.2 Å². The quantitative estimate of drug-likeness (QED) is 0.612. The summed E-state index contributed by atoms with van der Waals surface area (Å²) in [5, 5.41) is 7.55. The van der Waals surface area contributed by atoms with Crippen LogP contribution < -0.4 is 10.6 Å². The van der Waals surface area contributed by atoms with Gasteiger partial charge in [0.2, 0.25) is 5.91 Å². The molecule has 0 radical (unpaired) electrons. The number of aryl methyl sites for hydroxylation is 1. The Kier molecular flexibility index (Phi) is 5.85. The summed E-state index contributed by atoms with van der Waals surface area (Å²) in [6, 6.07) is 11.3. The number of benzene rings is 1. The molecule has 0 aliphatic rings. The summed E-state index contributed by atoms with van der Waals surface area (Å²) < 4.78 is 5.58. The number of rotatable bonds is 6. The minimum atomic E-state index is -0.457. The summed E-state index contributed by atoms with van der Waals surface area (Å²) in [4.78, 5) is 28.2. The zero-order valence-corrected chi connectivity index (χ0v) is 16.3. The SMILES string of the molecule is CCc1ccc(-c2csc(NC(=O)CNC(=O)c3ccc(Br)o3)n2)cc1. The smallest absolute Gasteiger partial charge is 0.287 e. The Bertz CT molecular complexity index is 918. The van der Waals surface area contributed by atoms with Gasteiger partial charge >= 0.3 is 0 Å². The van der Waals surface area contributed by atoms with E-state index in [1.807, 2.05) is 17.5 Å². The van der Waals surface area contributed by atoms with Crippen LogP contribution in [0.2, 0.25) is 0 Å². The van der Waals surface area contributed by atoms with Gasteiger partial charge in [-0.05, 0) is 40.0 Å². The first kappa shape index (κ1) is 18.3. The summed E-state index contributed by atoms with van der Waals surface area (Å²) in [6.07, 6.45) is 0.985. The maximum absolute atomic E-state index is 12.0. The number of hydrogen-bond donors (Lipinski definition) is 2. The fraction of sp³-hybridized carbons (Fsp3) is 0.167. The van der Waals surface area contributed by atoms with Crippen molar-refractivity contribution in [2.24, 2.45) is 0 Å². The van der Waals surface area contributed by atoms with Gasteiger partial charge in [-0.3, -0.25) is 9.59 Å². The molecule has 0 bridgehead atoms. The molecule has 2 aromatic heterocycles. The van der Waals surface area contributed by atoms with Gasteiger partial charge in [-0.15, -0.1) is 11.3 Å². The summed E-state index contributed by atoms with van der Waals surface area (Å²) >= 11 is 4.46. The lowest BCUT2D eigenvalue weighted by molar-refractivity contribution is -0.115. The van der Waals surface area contributed by atoms with Crippen molar-refractivity contribution in [1.82, 2.24) is 10.3 Å². The molecule has 0 saturated heterocycles. The monoisotopic (exact) mass is 433 g/mol. The van der Waals surface area contributed by atoms with Crippen molar-refractivity contribution < 1.29 is 14.0 Å². The van der Waals surface area contributed by atoms with E-state index in [0.29, 0.717) is 9.80 Å². The molecule has 3 aromatic rings. The van der Waals surface area contributed by atoms with Crippen LogP contribution in [0.15, 0.2) is 50.9 Å². The molecule has 0 aliphatic heterocycles. The average Bonchev–Trinajstić information content (AvgIpc) is 3.29. The number of carbonyl (C=O) groups is 2. The van der Waals surface area contributed by atoms with Gasteiger partial charge in [-0.1, -0.05) is 31.2 Å². The average molecular weight is 434 g/mol. The normalized spacial score (nSPS) is 10.5. The predicted octanol–water partition coefficient (Wildman–Crippen LogP) is 4.10. The lowest BCUT2D eigenvalue weighted by Crippen LogP contribution is -2.32. The van der Waals surface area contributed by atoms with Crippen LogP contribution in [-0.4, -0.2) is 23.3 Å². The van der Waals surface area contributed by atoms with Crippen LogP contribution in [0.25, 0.3) is 11.3 Å². The number of nitrogens with zero attached hydrogens (tertiary/aromatic N) is 1. The van der Waals surface area contributed by atoms with Crippen molar-refractivity contribution in [2.45, 2.75) is 13.3 Å². The zero-order chi connectivity index (χ0) is 18.5. The van der Waals surface area contributed by atoms with Crippen LogP contribution in [0.1, 0.15) is 23.0 Å². The Morgan fingerprint density at radius 1 is 1.19 bits per heavy atom. The molecule has 0 fully saturated rings. The van der Waals surface area contributed by atoms with Crippen molar-refractivity contribution in [3.63, 3.8) is 0 Å². The van der Waals surface area contributed by atoms with E-state index in [2.05, 4.69) is 50.6 Å². The van der Waals surface area contributed by atoms with Gasteiger partial charge in [-0.2, -0.15) is 0 Å². The molecule has 2 heterocycles. The Morgan fingerprint density at radius 3 is 2.62 bits per heavy atom. The largest absolute Gasteiger partial charge is 0.444 e. The lowest BCUT2D eigenvalue weighted by atomic mass is 10.1. The second-order valence-corrected chi connectivity index (χ2v) is 7.06. The Hall–Kier alpha value is -2.45. The lowest BCUT2D eigenvalue weighted by Gasteiger charge is -2.03. The third-order valence-corrected chi connectivity index (χ3v) is 4.80. The first-order chi connectivity index (χ1) is 12.5. The third-order valence-electron chi connectivity index (χ3n) is 3.61. The van der Waals surface area contributed by atoms with Gasteiger partial charge in [0.15, 0.2) is 15.6 Å². The van der Waals surface area contributed by atoms with E-state index in [1.54, 1.807) is 6.07 Å². The number of anilines is 1. The summed E-state index contributed by atoms with van der Waals surface area (Å²) in [5.74, 6) is -0.676. The number of thiazole rings is 1. The van der Waals surface area contributed by atoms with Gasteiger partial charge in [0.05, 0.1) is 12.2 Å². The van der Waals surface area contributed by atoms with E-state index in [0.717, 1.165) is 17.7 Å². The molecule has 1 aromatic carbocycles. The molecule has 2 N–H and O–H groups in total. The minimum Gasteiger partial charge on any atom is -0.444 e. The Morgan fingerprint density at radius 2 is 1.96 bits per heavy atom. The molecule has 0 aliphatic carbocycles. The second kappa shape index (κ2) is 8.29. The predicted molar refractivity (Wildman–Crippen MR) is 104 cm³/mol. The number of hydrogen-bond acceptors (Lipinski definition) is 5. The summed E-state index contributed by atoms with van der Waals surface area (Å²) in [7, 11) is 0. The highest BCUT2D eigenvalue weighted by Crippen LogP contribution is 2.25. The fourth-order valence-corrected chi connectivity index (χ4v) is 3.26. The van der Waals surface area contributed by atoms with Crippen molar-refractivity contribution in [3.8, 4) is 11.3 Å². The highest BCUT2D eigenvalue weighted by Gasteiger charge is 2.13. The van der Waals surface area contributed by atoms with Crippen LogP contribution in [-0.2, 0) is 11.2 Å². The fourth-order valence-electron chi connectivity index (χ4n) is 2.22. The van der Waals surface area contributed by atoms with Gasteiger partial charge in [-0.25, -0.2) is 4.98 Å². The third kappa shape index (κ3) is 4.59. The van der Waals surface area contributed by atoms with Crippen LogP contribution >= 0.6 is 27.3 Å². The molecule has 134 valence electrons. The van der Waals surface area contributed by atoms with Crippen LogP contribution in [0.3, 0.4) is 0 Å². The van der Waals surface area contributed by atoms with Crippen molar-refractivity contribution >= 4 is 44.2 Å². The van der Waals surface area contributed by atoms with Crippen molar-refractivity contribution in [1.29, 1.82) is 0 Å². The van der Waals surface area contributed by atoms with Crippen LogP contribution in [0, 0.1) is 0 Å². The first-order valence-corrected chi connectivity index (χ1v) is 9.60. The number of aromatic nitrogens is 1. The maximum Gasteiger partial charge on any atom is 0.287 e. The van der Waals surface area contributed by atoms with Gasteiger partial charge in [0, 0.05) is 10.9 Å². The van der Waals surface area contributed by atoms with Crippen molar-refractivity contribution in [2.75, 3.05) is 11.9 Å². The molecule has 3 rings (SSSR count). The second-order valence-electron chi connectivity index (χ2n) is 5.42.